The second-order valence-corrected chi connectivity index (χ2v) is 7.69. The molecule has 3 N–H and O–H groups in total. The fraction of sp³-hybridized carbons (Fsp3) is 0.353. The SMILES string of the molecule is Nc1nc(COC(=O)[C@@]23CCC(=O)N2CCS3)nc(Nc2ccc(F)cc2)n1. The number of carbonyl (C=O) groups is 2. The van der Waals surface area contributed by atoms with Crippen LogP contribution in [0.2, 0.25) is 0 Å². The molecule has 2 saturated heterocycles. The van der Waals surface area contributed by atoms with E-state index in [9.17, 15) is 14.0 Å². The van der Waals surface area contributed by atoms with E-state index in [2.05, 4.69) is 20.3 Å². The Morgan fingerprint density at radius 1 is 1.32 bits per heavy atom. The molecule has 0 spiro atoms. The second kappa shape index (κ2) is 7.23. The number of hydrogen-bond acceptors (Lipinski definition) is 9. The Morgan fingerprint density at radius 3 is 2.89 bits per heavy atom. The molecular formula is C17H17FN6O3S. The number of nitrogens with one attached hydrogen (secondary N) is 1. The Balaban J connectivity index is 1.45. The van der Waals surface area contributed by atoms with Crippen molar-refractivity contribution in [3.63, 3.8) is 0 Å². The first-order valence-corrected chi connectivity index (χ1v) is 9.59. The molecule has 28 heavy (non-hydrogen) atoms. The van der Waals surface area contributed by atoms with E-state index in [0.717, 1.165) is 0 Å². The number of rotatable bonds is 5. The number of amides is 1. The Kier molecular flexibility index (Phi) is 4.75. The van der Waals surface area contributed by atoms with Crippen LogP contribution >= 0.6 is 11.8 Å². The average molecular weight is 404 g/mol. The molecule has 0 saturated carbocycles. The molecule has 2 fully saturated rings. The molecule has 11 heteroatoms. The molecule has 9 nitrogen and oxygen atoms in total. The predicted octanol–water partition coefficient (Wildman–Crippen LogP) is 1.45. The van der Waals surface area contributed by atoms with Gasteiger partial charge in [0.05, 0.1) is 0 Å². The van der Waals surface area contributed by atoms with E-state index in [1.165, 1.54) is 36.0 Å². The first-order chi connectivity index (χ1) is 13.5. The van der Waals surface area contributed by atoms with Crippen LogP contribution < -0.4 is 11.1 Å². The van der Waals surface area contributed by atoms with Crippen LogP contribution in [-0.4, -0.2) is 48.9 Å². The zero-order valence-corrected chi connectivity index (χ0v) is 15.5. The molecule has 2 aromatic rings. The van der Waals surface area contributed by atoms with Crippen molar-refractivity contribution in [2.45, 2.75) is 24.3 Å². The summed E-state index contributed by atoms with van der Waals surface area (Å²) in [5.41, 5.74) is 6.27. The minimum absolute atomic E-state index is 0.0304. The maximum atomic E-state index is 13.0. The minimum atomic E-state index is -0.940. The number of ether oxygens (including phenoxy) is 1. The van der Waals surface area contributed by atoms with Crippen LogP contribution in [0.3, 0.4) is 0 Å². The van der Waals surface area contributed by atoms with E-state index < -0.39 is 10.8 Å². The summed E-state index contributed by atoms with van der Waals surface area (Å²) >= 11 is 1.43. The van der Waals surface area contributed by atoms with Crippen molar-refractivity contribution in [1.29, 1.82) is 0 Å². The quantitative estimate of drug-likeness (QED) is 0.713. The van der Waals surface area contributed by atoms with Crippen molar-refractivity contribution in [3.05, 3.63) is 35.9 Å². The van der Waals surface area contributed by atoms with Crippen molar-refractivity contribution in [2.24, 2.45) is 0 Å². The molecular weight excluding hydrogens is 387 g/mol. The number of esters is 1. The summed E-state index contributed by atoms with van der Waals surface area (Å²) in [7, 11) is 0. The molecule has 0 unspecified atom stereocenters. The third kappa shape index (κ3) is 3.44. The monoisotopic (exact) mass is 404 g/mol. The highest BCUT2D eigenvalue weighted by molar-refractivity contribution is 8.01. The van der Waals surface area contributed by atoms with Gasteiger partial charge >= 0.3 is 5.97 Å². The highest BCUT2D eigenvalue weighted by Crippen LogP contribution is 2.45. The molecule has 146 valence electrons. The number of carbonyl (C=O) groups excluding carboxylic acids is 2. The lowest BCUT2D eigenvalue weighted by Crippen LogP contribution is -2.46. The Morgan fingerprint density at radius 2 is 2.11 bits per heavy atom. The van der Waals surface area contributed by atoms with E-state index in [0.29, 0.717) is 30.8 Å². The molecule has 0 aliphatic carbocycles. The van der Waals surface area contributed by atoms with Crippen molar-refractivity contribution in [3.8, 4) is 0 Å². The van der Waals surface area contributed by atoms with Gasteiger partial charge in [-0.05, 0) is 30.7 Å². The topological polar surface area (TPSA) is 123 Å². The summed E-state index contributed by atoms with van der Waals surface area (Å²) in [6, 6.07) is 5.64. The first-order valence-electron chi connectivity index (χ1n) is 8.61. The Bertz CT molecular complexity index is 928. The van der Waals surface area contributed by atoms with Crippen LogP contribution in [0.25, 0.3) is 0 Å². The van der Waals surface area contributed by atoms with Crippen molar-refractivity contribution < 1.29 is 18.7 Å². The van der Waals surface area contributed by atoms with E-state index in [-0.39, 0.29) is 36.1 Å². The molecule has 0 bridgehead atoms. The zero-order chi connectivity index (χ0) is 19.7. The molecule has 1 aromatic heterocycles. The van der Waals surface area contributed by atoms with E-state index in [1.807, 2.05) is 0 Å². The molecule has 1 amide bonds. The summed E-state index contributed by atoms with van der Waals surface area (Å²) in [6.07, 6.45) is 0.776. The fourth-order valence-electron chi connectivity index (χ4n) is 3.24. The van der Waals surface area contributed by atoms with Crippen LogP contribution in [0.5, 0.6) is 0 Å². The number of nitrogens with zero attached hydrogens (tertiary/aromatic N) is 4. The summed E-state index contributed by atoms with van der Waals surface area (Å²) < 4.78 is 18.4. The first kappa shape index (κ1) is 18.4. The number of fused-ring (bicyclic) bond motifs is 1. The molecule has 4 rings (SSSR count). The van der Waals surface area contributed by atoms with Crippen molar-refractivity contribution in [1.82, 2.24) is 19.9 Å². The van der Waals surface area contributed by atoms with Gasteiger partial charge in [0.15, 0.2) is 17.3 Å². The van der Waals surface area contributed by atoms with Gasteiger partial charge in [-0.3, -0.25) is 4.79 Å². The highest BCUT2D eigenvalue weighted by atomic mass is 32.2. The molecule has 0 radical (unpaired) electrons. The van der Waals surface area contributed by atoms with Gasteiger partial charge in [0, 0.05) is 24.4 Å². The van der Waals surface area contributed by atoms with Crippen LogP contribution in [0.4, 0.5) is 22.0 Å². The van der Waals surface area contributed by atoms with Crippen LogP contribution in [0, 0.1) is 5.82 Å². The normalized spacial score (nSPS) is 20.9. The zero-order valence-electron chi connectivity index (χ0n) is 14.7. The number of aromatic nitrogens is 3. The molecule has 1 aromatic carbocycles. The van der Waals surface area contributed by atoms with Gasteiger partial charge in [-0.15, -0.1) is 11.8 Å². The number of thioether (sulfide) groups is 1. The standard InChI is InChI=1S/C17H17FN6O3S/c18-10-1-3-11(4-2-10)20-16-22-12(21-15(19)23-16)9-27-14(26)17-6-5-13(25)24(17)7-8-28-17/h1-4H,5-9H2,(H3,19,20,21,22,23)/t17-/m0/s1. The predicted molar refractivity (Wildman–Crippen MR) is 99.9 cm³/mol. The molecule has 3 heterocycles. The minimum Gasteiger partial charge on any atom is -0.455 e. The lowest BCUT2D eigenvalue weighted by molar-refractivity contribution is -0.154. The van der Waals surface area contributed by atoms with E-state index >= 15 is 0 Å². The lowest BCUT2D eigenvalue weighted by Gasteiger charge is -2.28. The number of nitrogen functional groups attached to an aromatic ring is 1. The highest BCUT2D eigenvalue weighted by Gasteiger charge is 2.55. The van der Waals surface area contributed by atoms with Crippen LogP contribution in [0.1, 0.15) is 18.7 Å². The third-order valence-corrected chi connectivity index (χ3v) is 5.98. The Labute approximate surface area is 163 Å². The molecule has 2 aliphatic rings. The average Bonchev–Trinajstić information content (AvgIpc) is 3.23. The van der Waals surface area contributed by atoms with Gasteiger partial charge in [0.2, 0.25) is 17.8 Å². The van der Waals surface area contributed by atoms with Crippen molar-refractivity contribution >= 4 is 41.2 Å². The number of hydrogen-bond donors (Lipinski definition) is 2. The van der Waals surface area contributed by atoms with Gasteiger partial charge in [0.25, 0.3) is 0 Å². The maximum Gasteiger partial charge on any atom is 0.343 e. The van der Waals surface area contributed by atoms with Gasteiger partial charge in [-0.2, -0.15) is 15.0 Å². The number of benzene rings is 1. The Hall–Kier alpha value is -2.95. The summed E-state index contributed by atoms with van der Waals surface area (Å²) in [5, 5.41) is 2.89. The number of halogens is 1. The van der Waals surface area contributed by atoms with E-state index in [1.54, 1.807) is 4.90 Å². The lowest BCUT2D eigenvalue weighted by atomic mass is 10.2. The fourth-order valence-corrected chi connectivity index (χ4v) is 4.63. The number of nitrogens with two attached hydrogens (primary N) is 1. The summed E-state index contributed by atoms with van der Waals surface area (Å²) in [5.74, 6) is 0.0984. The van der Waals surface area contributed by atoms with Gasteiger partial charge < -0.3 is 20.7 Å². The van der Waals surface area contributed by atoms with E-state index in [4.69, 9.17) is 10.5 Å². The van der Waals surface area contributed by atoms with Crippen LogP contribution in [-0.2, 0) is 20.9 Å². The smallest absolute Gasteiger partial charge is 0.343 e. The summed E-state index contributed by atoms with van der Waals surface area (Å²) in [6.45, 7) is 0.344. The largest absolute Gasteiger partial charge is 0.455 e. The van der Waals surface area contributed by atoms with Gasteiger partial charge in [-0.1, -0.05) is 0 Å². The van der Waals surface area contributed by atoms with Crippen molar-refractivity contribution in [2.75, 3.05) is 23.3 Å². The molecule has 1 atom stereocenters. The summed E-state index contributed by atoms with van der Waals surface area (Å²) in [4.78, 5) is 37.4. The third-order valence-electron chi connectivity index (χ3n) is 4.52. The number of anilines is 3. The van der Waals surface area contributed by atoms with Gasteiger partial charge in [0.1, 0.15) is 5.82 Å². The van der Waals surface area contributed by atoms with Crippen LogP contribution in [0.15, 0.2) is 24.3 Å². The van der Waals surface area contributed by atoms with Gasteiger partial charge in [-0.25, -0.2) is 9.18 Å². The molecule has 2 aliphatic heterocycles. The maximum absolute atomic E-state index is 13.0. The second-order valence-electron chi connectivity index (χ2n) is 6.32.